The molecule has 0 aliphatic carbocycles. The molecule has 3 rings (SSSR count). The Labute approximate surface area is 124 Å². The summed E-state index contributed by atoms with van der Waals surface area (Å²) in [6.07, 6.45) is 0.500. The van der Waals surface area contributed by atoms with Gasteiger partial charge in [0.2, 0.25) is 11.4 Å². The first kappa shape index (κ1) is 14.9. The minimum Gasteiger partial charge on any atom is -0.394 e. The van der Waals surface area contributed by atoms with Crippen molar-refractivity contribution >= 4 is 16.8 Å². The summed E-state index contributed by atoms with van der Waals surface area (Å²) in [5, 5.41) is 15.9. The molecule has 1 aliphatic rings. The van der Waals surface area contributed by atoms with E-state index in [1.807, 2.05) is 0 Å². The maximum absolute atomic E-state index is 14.1. The number of fused-ring (bicyclic) bond motifs is 1. The molecule has 0 saturated carbocycles. The van der Waals surface area contributed by atoms with E-state index in [4.69, 9.17) is 19.1 Å². The van der Waals surface area contributed by atoms with Crippen molar-refractivity contribution in [2.75, 3.05) is 25.1 Å². The van der Waals surface area contributed by atoms with E-state index in [1.165, 1.54) is 12.1 Å². The number of rotatable bonds is 5. The zero-order chi connectivity index (χ0) is 15.7. The van der Waals surface area contributed by atoms with Crippen LogP contribution in [0.5, 0.6) is 0 Å². The summed E-state index contributed by atoms with van der Waals surface area (Å²) in [5.41, 5.74) is -0.379. The molecular formula is C14H14F2N2O4. The number of ether oxygens (including phenoxy) is 2. The summed E-state index contributed by atoms with van der Waals surface area (Å²) in [7, 11) is 0. The highest BCUT2D eigenvalue weighted by atomic mass is 19.2. The third-order valence-electron chi connectivity index (χ3n) is 3.35. The smallest absolute Gasteiger partial charge is 0.207 e. The molecule has 1 atom stereocenters. The lowest BCUT2D eigenvalue weighted by molar-refractivity contribution is -0.0467. The Kier molecular flexibility index (Phi) is 4.06. The van der Waals surface area contributed by atoms with Gasteiger partial charge in [-0.15, -0.1) is 6.58 Å². The molecule has 118 valence electrons. The van der Waals surface area contributed by atoms with Gasteiger partial charge in [0.05, 0.1) is 31.2 Å². The minimum atomic E-state index is -1.16. The Morgan fingerprint density at radius 2 is 2.14 bits per heavy atom. The third kappa shape index (κ3) is 2.45. The number of hydrogen-bond donors (Lipinski definition) is 2. The monoisotopic (exact) mass is 312 g/mol. The fraction of sp³-hybridized carbons (Fsp3) is 0.357. The maximum atomic E-state index is 14.1. The molecule has 1 unspecified atom stereocenters. The van der Waals surface area contributed by atoms with E-state index in [0.29, 0.717) is 13.2 Å². The van der Waals surface area contributed by atoms with Gasteiger partial charge in [0.1, 0.15) is 0 Å². The van der Waals surface area contributed by atoms with E-state index in [0.717, 1.165) is 0 Å². The van der Waals surface area contributed by atoms with Crippen LogP contribution in [0.15, 0.2) is 23.2 Å². The molecule has 8 heteroatoms. The molecule has 0 amide bonds. The molecular weight excluding hydrogens is 298 g/mol. The van der Waals surface area contributed by atoms with Crippen LogP contribution < -0.4 is 5.32 Å². The van der Waals surface area contributed by atoms with Gasteiger partial charge in [-0.3, -0.25) is 0 Å². The SMILES string of the molecule is C=CC(CO)Nc1noc2c(F)c(F)c(C3OCCO3)cc12. The molecule has 1 aliphatic heterocycles. The largest absolute Gasteiger partial charge is 0.394 e. The average molecular weight is 312 g/mol. The number of hydrogen-bond acceptors (Lipinski definition) is 6. The Bertz CT molecular complexity index is 698. The van der Waals surface area contributed by atoms with Crippen LogP contribution in [0.3, 0.4) is 0 Å². The summed E-state index contributed by atoms with van der Waals surface area (Å²) in [6, 6.07) is 0.865. The molecule has 0 spiro atoms. The van der Waals surface area contributed by atoms with Gasteiger partial charge >= 0.3 is 0 Å². The molecule has 2 aromatic rings. The molecule has 22 heavy (non-hydrogen) atoms. The predicted molar refractivity (Wildman–Crippen MR) is 73.3 cm³/mol. The van der Waals surface area contributed by atoms with Crippen molar-refractivity contribution in [3.05, 3.63) is 35.9 Å². The normalized spacial score (nSPS) is 17.0. The Hall–Kier alpha value is -2.03. The molecule has 2 N–H and O–H groups in total. The lowest BCUT2D eigenvalue weighted by Crippen LogP contribution is -2.20. The molecule has 0 bridgehead atoms. The van der Waals surface area contributed by atoms with Gasteiger partial charge in [-0.05, 0) is 6.07 Å². The second-order valence-corrected chi connectivity index (χ2v) is 4.74. The Morgan fingerprint density at radius 1 is 1.41 bits per heavy atom. The molecule has 6 nitrogen and oxygen atoms in total. The first-order valence-electron chi connectivity index (χ1n) is 6.66. The molecule has 1 aromatic carbocycles. The van der Waals surface area contributed by atoms with Crippen LogP contribution in [0, 0.1) is 11.6 Å². The first-order valence-corrected chi connectivity index (χ1v) is 6.66. The second-order valence-electron chi connectivity index (χ2n) is 4.74. The van der Waals surface area contributed by atoms with E-state index in [-0.39, 0.29) is 29.0 Å². The zero-order valence-corrected chi connectivity index (χ0v) is 11.5. The molecule has 2 heterocycles. The molecule has 1 aromatic heterocycles. The van der Waals surface area contributed by atoms with E-state index >= 15 is 0 Å². The highest BCUT2D eigenvalue weighted by Crippen LogP contribution is 2.34. The van der Waals surface area contributed by atoms with Crippen LogP contribution in [0.25, 0.3) is 11.0 Å². The topological polar surface area (TPSA) is 76.8 Å². The number of anilines is 1. The Morgan fingerprint density at radius 3 is 2.77 bits per heavy atom. The fourth-order valence-electron chi connectivity index (χ4n) is 2.20. The quantitative estimate of drug-likeness (QED) is 0.824. The number of halogens is 2. The van der Waals surface area contributed by atoms with Crippen molar-refractivity contribution in [1.82, 2.24) is 5.16 Å². The Balaban J connectivity index is 2.07. The van der Waals surface area contributed by atoms with Crippen LogP contribution in [0.2, 0.25) is 0 Å². The van der Waals surface area contributed by atoms with E-state index < -0.39 is 24.0 Å². The number of aliphatic hydroxyl groups excluding tert-OH is 1. The standard InChI is InChI=1S/C14H14F2N2O4/c1-2-7(6-19)17-13-9-5-8(14-20-3-4-21-14)10(15)11(16)12(9)22-18-13/h2,5,7,14,19H,1,3-4,6H2,(H,17,18). The molecule has 1 fully saturated rings. The van der Waals surface area contributed by atoms with Crippen molar-refractivity contribution in [3.63, 3.8) is 0 Å². The van der Waals surface area contributed by atoms with Crippen molar-refractivity contribution in [2.24, 2.45) is 0 Å². The van der Waals surface area contributed by atoms with E-state index in [9.17, 15) is 8.78 Å². The number of benzene rings is 1. The average Bonchev–Trinajstić information content (AvgIpc) is 3.18. The first-order chi connectivity index (χ1) is 10.7. The van der Waals surface area contributed by atoms with Crippen molar-refractivity contribution in [1.29, 1.82) is 0 Å². The minimum absolute atomic E-state index is 0.0621. The molecule has 1 saturated heterocycles. The summed E-state index contributed by atoms with van der Waals surface area (Å²) in [4.78, 5) is 0. The number of aromatic nitrogens is 1. The van der Waals surface area contributed by atoms with Crippen LogP contribution in [0.4, 0.5) is 14.6 Å². The maximum Gasteiger partial charge on any atom is 0.207 e. The lowest BCUT2D eigenvalue weighted by atomic mass is 10.1. The number of aliphatic hydroxyl groups is 1. The highest BCUT2D eigenvalue weighted by molar-refractivity contribution is 5.89. The summed E-state index contributed by atoms with van der Waals surface area (Å²) in [5.74, 6) is -2.08. The fourth-order valence-corrected chi connectivity index (χ4v) is 2.20. The second kappa shape index (κ2) is 5.99. The predicted octanol–water partition coefficient (Wildman–Crippen LogP) is 2.11. The summed E-state index contributed by atoms with van der Waals surface area (Å²) in [6.45, 7) is 3.93. The van der Waals surface area contributed by atoms with E-state index in [1.54, 1.807) is 0 Å². The zero-order valence-electron chi connectivity index (χ0n) is 11.5. The van der Waals surface area contributed by atoms with Crippen molar-refractivity contribution < 1.29 is 27.9 Å². The lowest BCUT2D eigenvalue weighted by Gasteiger charge is -2.12. The van der Waals surface area contributed by atoms with Crippen LogP contribution in [-0.4, -0.2) is 36.1 Å². The van der Waals surface area contributed by atoms with Gasteiger partial charge in [0, 0.05) is 5.56 Å². The van der Waals surface area contributed by atoms with Crippen LogP contribution in [0.1, 0.15) is 11.9 Å². The van der Waals surface area contributed by atoms with E-state index in [2.05, 4.69) is 17.1 Å². The highest BCUT2D eigenvalue weighted by Gasteiger charge is 2.28. The van der Waals surface area contributed by atoms with Crippen molar-refractivity contribution in [3.8, 4) is 0 Å². The van der Waals surface area contributed by atoms with Crippen LogP contribution in [-0.2, 0) is 9.47 Å². The summed E-state index contributed by atoms with van der Waals surface area (Å²) < 4.78 is 43.5. The summed E-state index contributed by atoms with van der Waals surface area (Å²) >= 11 is 0. The number of nitrogens with zero attached hydrogens (tertiary/aromatic N) is 1. The number of nitrogens with one attached hydrogen (secondary N) is 1. The van der Waals surface area contributed by atoms with Gasteiger partial charge in [-0.2, -0.15) is 4.39 Å². The van der Waals surface area contributed by atoms with Crippen LogP contribution >= 0.6 is 0 Å². The van der Waals surface area contributed by atoms with Crippen molar-refractivity contribution in [2.45, 2.75) is 12.3 Å². The van der Waals surface area contributed by atoms with Gasteiger partial charge in [0.25, 0.3) is 0 Å². The van der Waals surface area contributed by atoms with Gasteiger partial charge in [-0.1, -0.05) is 11.2 Å². The molecule has 0 radical (unpaired) electrons. The third-order valence-corrected chi connectivity index (χ3v) is 3.35. The van der Waals surface area contributed by atoms with Gasteiger partial charge < -0.3 is 24.4 Å². The van der Waals surface area contributed by atoms with Gasteiger partial charge in [0.15, 0.2) is 17.9 Å². The van der Waals surface area contributed by atoms with Gasteiger partial charge in [-0.25, -0.2) is 4.39 Å².